The summed E-state index contributed by atoms with van der Waals surface area (Å²) in [5, 5.41) is 0. The van der Waals surface area contributed by atoms with Crippen LogP contribution in [-0.4, -0.2) is 5.91 Å². The number of alkyl halides is 2. The Morgan fingerprint density at radius 2 is 1.75 bits per heavy atom. The average molecular weight is 465 g/mol. The molecule has 0 saturated heterocycles. The van der Waals surface area contributed by atoms with Crippen LogP contribution in [0.3, 0.4) is 0 Å². The minimum absolute atomic E-state index is 0.0171. The zero-order chi connectivity index (χ0) is 18.1. The van der Waals surface area contributed by atoms with Crippen molar-refractivity contribution in [3.63, 3.8) is 0 Å². The molecule has 24 heavy (non-hydrogen) atoms. The first-order chi connectivity index (χ1) is 11.2. The Labute approximate surface area is 151 Å². The summed E-state index contributed by atoms with van der Waals surface area (Å²) in [5.74, 6) is -4.39. The van der Waals surface area contributed by atoms with Crippen LogP contribution in [0.5, 0.6) is 0 Å². The highest BCUT2D eigenvalue weighted by atomic mass is 79.9. The predicted octanol–water partition coefficient (Wildman–Crippen LogP) is 5.14. The predicted molar refractivity (Wildman–Crippen MR) is 88.5 cm³/mol. The second-order valence-corrected chi connectivity index (χ2v) is 6.35. The van der Waals surface area contributed by atoms with Crippen molar-refractivity contribution in [2.75, 3.05) is 0 Å². The quantitative estimate of drug-likeness (QED) is 0.496. The Bertz CT molecular complexity index is 864. The van der Waals surface area contributed by atoms with Crippen LogP contribution in [0.2, 0.25) is 0 Å². The van der Waals surface area contributed by atoms with E-state index in [1.807, 2.05) is 0 Å². The summed E-state index contributed by atoms with van der Waals surface area (Å²) < 4.78 is 54.0. The Morgan fingerprint density at radius 3 is 2.25 bits per heavy atom. The zero-order valence-electron chi connectivity index (χ0n) is 11.6. The summed E-state index contributed by atoms with van der Waals surface area (Å²) in [7, 11) is 0. The van der Waals surface area contributed by atoms with Crippen LogP contribution in [0.25, 0.3) is 11.1 Å². The lowest BCUT2D eigenvalue weighted by Gasteiger charge is -2.15. The molecule has 0 unspecified atom stereocenters. The Morgan fingerprint density at radius 1 is 1.17 bits per heavy atom. The van der Waals surface area contributed by atoms with Crippen molar-refractivity contribution in [2.45, 2.75) is 5.92 Å². The van der Waals surface area contributed by atoms with Gasteiger partial charge in [0.2, 0.25) is 0 Å². The van der Waals surface area contributed by atoms with Crippen LogP contribution in [0.15, 0.2) is 39.3 Å². The van der Waals surface area contributed by atoms with Crippen LogP contribution in [0, 0.1) is 17.9 Å². The topological polar surface area (TPSA) is 43.1 Å². The van der Waals surface area contributed by atoms with Gasteiger partial charge in [0.25, 0.3) is 5.91 Å². The summed E-state index contributed by atoms with van der Waals surface area (Å²) in [4.78, 5) is 11.2. The Kier molecular flexibility index (Phi) is 5.35. The van der Waals surface area contributed by atoms with Gasteiger partial charge in [-0.3, -0.25) is 4.79 Å². The number of primary amides is 1. The molecule has 0 aliphatic heterocycles. The van der Waals surface area contributed by atoms with Crippen LogP contribution in [-0.2, 0) is 5.92 Å². The van der Waals surface area contributed by atoms with Crippen molar-refractivity contribution in [3.05, 3.63) is 56.2 Å². The van der Waals surface area contributed by atoms with E-state index in [1.165, 1.54) is 18.2 Å². The molecule has 0 atom stereocenters. The molecule has 0 radical (unpaired) electrons. The molecule has 8 heteroatoms. The highest BCUT2D eigenvalue weighted by Gasteiger charge is 2.31. The van der Waals surface area contributed by atoms with Crippen molar-refractivity contribution in [1.29, 1.82) is 0 Å². The fourth-order valence-corrected chi connectivity index (χ4v) is 3.67. The van der Waals surface area contributed by atoms with Gasteiger partial charge >= 0.3 is 5.92 Å². The van der Waals surface area contributed by atoms with Gasteiger partial charge in [0.1, 0.15) is 12.0 Å². The molecule has 0 aliphatic rings. The first kappa shape index (κ1) is 18.5. The number of benzene rings is 2. The molecule has 0 heterocycles. The summed E-state index contributed by atoms with van der Waals surface area (Å²) in [6.07, 6.45) is 0.679. The number of nitrogens with two attached hydrogens (primary N) is 1. The van der Waals surface area contributed by atoms with Crippen LogP contribution in [0.1, 0.15) is 15.9 Å². The van der Waals surface area contributed by atoms with Gasteiger partial charge in [0, 0.05) is 31.6 Å². The van der Waals surface area contributed by atoms with Gasteiger partial charge in [0.15, 0.2) is 0 Å². The van der Waals surface area contributed by atoms with E-state index >= 15 is 0 Å². The number of carbonyl (C=O) groups is 1. The maximum absolute atomic E-state index is 14.5. The summed E-state index contributed by atoms with van der Waals surface area (Å²) in [6, 6.07) is 5.99. The van der Waals surface area contributed by atoms with E-state index in [-0.39, 0.29) is 25.6 Å². The Balaban J connectivity index is 2.68. The number of carbonyl (C=O) groups excluding carboxylic acids is 1. The Hall–Kier alpha value is -1.85. The first-order valence-corrected chi connectivity index (χ1v) is 7.86. The molecule has 0 saturated carbocycles. The molecule has 0 aromatic heterocycles. The van der Waals surface area contributed by atoms with Crippen molar-refractivity contribution in [3.8, 4) is 23.2 Å². The molecular weight excluding hydrogens is 458 g/mol. The molecule has 2 aromatic rings. The summed E-state index contributed by atoms with van der Waals surface area (Å²) in [6.45, 7) is 0. The molecule has 0 bridgehead atoms. The number of amides is 1. The van der Waals surface area contributed by atoms with Crippen molar-refractivity contribution >= 4 is 37.8 Å². The van der Waals surface area contributed by atoms with Crippen LogP contribution in [0.4, 0.5) is 17.6 Å². The second-order valence-electron chi connectivity index (χ2n) is 4.64. The van der Waals surface area contributed by atoms with Gasteiger partial charge in [-0.2, -0.15) is 8.78 Å². The summed E-state index contributed by atoms with van der Waals surface area (Å²) in [5.41, 5.74) is 4.37. The molecule has 2 N–H and O–H groups in total. The molecule has 1 amide bonds. The normalized spacial score (nSPS) is 10.9. The third-order valence-electron chi connectivity index (χ3n) is 3.14. The third-order valence-corrected chi connectivity index (χ3v) is 4.39. The fourth-order valence-electron chi connectivity index (χ4n) is 2.06. The van der Waals surface area contributed by atoms with Crippen molar-refractivity contribution in [2.24, 2.45) is 5.73 Å². The van der Waals surface area contributed by atoms with Gasteiger partial charge in [0.05, 0.1) is 5.56 Å². The summed E-state index contributed by atoms with van der Waals surface area (Å²) >= 11 is 6.17. The minimum atomic E-state index is -3.72. The molecule has 2 rings (SSSR count). The maximum atomic E-state index is 14.5. The number of hydrogen-bond donors (Lipinski definition) is 1. The van der Waals surface area contributed by atoms with Gasteiger partial charge in [-0.15, -0.1) is 4.39 Å². The van der Waals surface area contributed by atoms with Gasteiger partial charge in [-0.1, -0.05) is 44.0 Å². The molecule has 2 aromatic carbocycles. The van der Waals surface area contributed by atoms with Gasteiger partial charge in [-0.05, 0) is 18.2 Å². The second kappa shape index (κ2) is 6.95. The van der Waals surface area contributed by atoms with E-state index < -0.39 is 23.2 Å². The number of rotatable bonds is 3. The monoisotopic (exact) mass is 463 g/mol. The van der Waals surface area contributed by atoms with Gasteiger partial charge in [-0.25, -0.2) is 4.39 Å². The lowest BCUT2D eigenvalue weighted by molar-refractivity contribution is 0.0633. The van der Waals surface area contributed by atoms with Crippen molar-refractivity contribution in [1.82, 2.24) is 0 Å². The van der Waals surface area contributed by atoms with E-state index in [1.54, 1.807) is 0 Å². The molecule has 124 valence electrons. The highest BCUT2D eigenvalue weighted by molar-refractivity contribution is 9.11. The van der Waals surface area contributed by atoms with E-state index in [9.17, 15) is 22.4 Å². The van der Waals surface area contributed by atoms with Crippen molar-refractivity contribution < 1.29 is 22.4 Å². The fraction of sp³-hybridized carbons (Fsp3) is 0.0625. The molecule has 0 aliphatic carbocycles. The van der Waals surface area contributed by atoms with Crippen LogP contribution >= 0.6 is 31.9 Å². The number of halogens is 6. The molecule has 2 nitrogen and oxygen atoms in total. The lowest BCUT2D eigenvalue weighted by atomic mass is 9.99. The standard InChI is InChI=1S/C16H7Br2F4NO/c17-11-6-8(16(21,22)4-5-19)7-12(18)13(11)9-2-1-3-10(14(9)20)15(23)24/h1-3,6-7H,(H2,23,24). The zero-order valence-corrected chi connectivity index (χ0v) is 14.8. The van der Waals surface area contributed by atoms with E-state index in [4.69, 9.17) is 5.73 Å². The van der Waals surface area contributed by atoms with E-state index in [0.717, 1.165) is 18.1 Å². The maximum Gasteiger partial charge on any atom is 0.336 e. The molecule has 0 fully saturated rings. The smallest absolute Gasteiger partial charge is 0.336 e. The largest absolute Gasteiger partial charge is 0.366 e. The average Bonchev–Trinajstić information content (AvgIpc) is 2.47. The third kappa shape index (κ3) is 3.47. The van der Waals surface area contributed by atoms with Crippen LogP contribution < -0.4 is 5.73 Å². The lowest BCUT2D eigenvalue weighted by Crippen LogP contribution is -2.14. The highest BCUT2D eigenvalue weighted by Crippen LogP contribution is 2.41. The molecular formula is C16H7Br2F4NO. The van der Waals surface area contributed by atoms with Gasteiger partial charge < -0.3 is 5.73 Å². The van der Waals surface area contributed by atoms with E-state index in [0.29, 0.717) is 6.17 Å². The number of hydrogen-bond acceptors (Lipinski definition) is 1. The molecule has 0 spiro atoms. The first-order valence-electron chi connectivity index (χ1n) is 6.28. The minimum Gasteiger partial charge on any atom is -0.366 e. The van der Waals surface area contributed by atoms with E-state index in [2.05, 4.69) is 31.9 Å². The SMILES string of the molecule is NC(=O)c1cccc(-c2c(Br)cc(C(F)(F)C#CF)cc2Br)c1F.